The number of rotatable bonds is 2. The summed E-state index contributed by atoms with van der Waals surface area (Å²) in [5.41, 5.74) is 0.996. The zero-order valence-electron chi connectivity index (χ0n) is 8.73. The molecule has 17 heavy (non-hydrogen) atoms. The van der Waals surface area contributed by atoms with Crippen LogP contribution in [0.3, 0.4) is 0 Å². The lowest BCUT2D eigenvalue weighted by Gasteiger charge is -2.06. The molecule has 90 valence electrons. The van der Waals surface area contributed by atoms with Crippen molar-refractivity contribution in [2.75, 3.05) is 0 Å². The first-order chi connectivity index (χ1) is 7.99. The molecule has 2 aromatic rings. The Morgan fingerprint density at radius 3 is 2.41 bits per heavy atom. The Balaban J connectivity index is 2.52. The standard InChI is InChI=1S/C10H8BrCl2N3O/c1-5(17)9-4-16(15-14-9)10-7(12)2-6(11)3-8(10)13/h2-5,17H,1H3. The van der Waals surface area contributed by atoms with Gasteiger partial charge in [-0.15, -0.1) is 5.10 Å². The molecule has 0 fully saturated rings. The van der Waals surface area contributed by atoms with Crippen molar-refractivity contribution in [3.8, 4) is 5.69 Å². The maximum absolute atomic E-state index is 9.38. The van der Waals surface area contributed by atoms with Gasteiger partial charge in [-0.1, -0.05) is 44.3 Å². The summed E-state index contributed by atoms with van der Waals surface area (Å²) in [5.74, 6) is 0. The Morgan fingerprint density at radius 2 is 1.94 bits per heavy atom. The second-order valence-corrected chi connectivity index (χ2v) is 5.21. The van der Waals surface area contributed by atoms with Crippen LogP contribution in [0.4, 0.5) is 0 Å². The number of aliphatic hydroxyl groups excluding tert-OH is 1. The van der Waals surface area contributed by atoms with Gasteiger partial charge in [0.1, 0.15) is 11.4 Å². The van der Waals surface area contributed by atoms with Crippen molar-refractivity contribution in [2.45, 2.75) is 13.0 Å². The average molecular weight is 337 g/mol. The van der Waals surface area contributed by atoms with E-state index < -0.39 is 6.10 Å². The van der Waals surface area contributed by atoms with Crippen molar-refractivity contribution in [1.29, 1.82) is 0 Å². The molecule has 1 unspecified atom stereocenters. The van der Waals surface area contributed by atoms with Gasteiger partial charge in [-0.2, -0.15) is 0 Å². The van der Waals surface area contributed by atoms with Crippen molar-refractivity contribution in [1.82, 2.24) is 15.0 Å². The van der Waals surface area contributed by atoms with Crippen molar-refractivity contribution in [2.24, 2.45) is 0 Å². The Hall–Kier alpha value is -0.620. The predicted octanol–water partition coefficient (Wildman–Crippen LogP) is 3.39. The maximum atomic E-state index is 9.38. The summed E-state index contributed by atoms with van der Waals surface area (Å²) >= 11 is 15.5. The molecule has 1 heterocycles. The van der Waals surface area contributed by atoms with Crippen LogP contribution in [0.1, 0.15) is 18.7 Å². The molecule has 0 amide bonds. The van der Waals surface area contributed by atoms with E-state index in [-0.39, 0.29) is 0 Å². The topological polar surface area (TPSA) is 50.9 Å². The van der Waals surface area contributed by atoms with Gasteiger partial charge in [-0.3, -0.25) is 0 Å². The largest absolute Gasteiger partial charge is 0.387 e. The summed E-state index contributed by atoms with van der Waals surface area (Å²) in [6.07, 6.45) is 0.905. The summed E-state index contributed by atoms with van der Waals surface area (Å²) in [4.78, 5) is 0. The van der Waals surface area contributed by atoms with E-state index in [1.165, 1.54) is 4.68 Å². The van der Waals surface area contributed by atoms with Crippen LogP contribution < -0.4 is 0 Å². The highest BCUT2D eigenvalue weighted by Crippen LogP contribution is 2.32. The van der Waals surface area contributed by atoms with Crippen molar-refractivity contribution < 1.29 is 5.11 Å². The third-order valence-corrected chi connectivity index (χ3v) is 3.18. The number of aromatic nitrogens is 3. The van der Waals surface area contributed by atoms with E-state index in [0.717, 1.165) is 4.47 Å². The van der Waals surface area contributed by atoms with Gasteiger partial charge < -0.3 is 5.11 Å². The Bertz CT molecular complexity index is 533. The number of halogens is 3. The van der Waals surface area contributed by atoms with E-state index in [0.29, 0.717) is 21.4 Å². The van der Waals surface area contributed by atoms with Gasteiger partial charge in [0.2, 0.25) is 0 Å². The van der Waals surface area contributed by atoms with Crippen LogP contribution >= 0.6 is 39.1 Å². The highest BCUT2D eigenvalue weighted by Gasteiger charge is 2.13. The van der Waals surface area contributed by atoms with E-state index >= 15 is 0 Å². The molecule has 0 radical (unpaired) electrons. The molecule has 2 rings (SSSR count). The summed E-state index contributed by atoms with van der Waals surface area (Å²) in [7, 11) is 0. The zero-order valence-corrected chi connectivity index (χ0v) is 11.8. The van der Waals surface area contributed by atoms with Gasteiger partial charge in [0.15, 0.2) is 0 Å². The van der Waals surface area contributed by atoms with E-state index in [1.807, 2.05) is 0 Å². The van der Waals surface area contributed by atoms with E-state index in [2.05, 4.69) is 26.2 Å². The van der Waals surface area contributed by atoms with Crippen LogP contribution in [0.2, 0.25) is 10.0 Å². The first kappa shape index (κ1) is 12.8. The SMILES string of the molecule is CC(O)c1cn(-c2c(Cl)cc(Br)cc2Cl)nn1. The van der Waals surface area contributed by atoms with E-state index in [9.17, 15) is 5.11 Å². The number of hydrogen-bond donors (Lipinski definition) is 1. The highest BCUT2D eigenvalue weighted by atomic mass is 79.9. The lowest BCUT2D eigenvalue weighted by molar-refractivity contribution is 0.194. The fourth-order valence-corrected chi connectivity index (χ4v) is 2.71. The Morgan fingerprint density at radius 1 is 1.35 bits per heavy atom. The lowest BCUT2D eigenvalue weighted by atomic mass is 10.3. The zero-order chi connectivity index (χ0) is 12.6. The minimum absolute atomic E-state index is 0.450. The summed E-state index contributed by atoms with van der Waals surface area (Å²) < 4.78 is 2.23. The molecule has 1 N–H and O–H groups in total. The van der Waals surface area contributed by atoms with Gasteiger partial charge in [-0.05, 0) is 19.1 Å². The molecule has 0 bridgehead atoms. The molecule has 0 saturated heterocycles. The molecule has 1 aromatic carbocycles. The second-order valence-electron chi connectivity index (χ2n) is 3.48. The van der Waals surface area contributed by atoms with Crippen LogP contribution in [0.25, 0.3) is 5.69 Å². The third kappa shape index (κ3) is 2.63. The van der Waals surface area contributed by atoms with E-state index in [4.69, 9.17) is 23.2 Å². The molecule has 0 aliphatic carbocycles. The minimum Gasteiger partial charge on any atom is -0.387 e. The van der Waals surface area contributed by atoms with Gasteiger partial charge in [0.05, 0.1) is 22.3 Å². The summed E-state index contributed by atoms with van der Waals surface area (Å²) in [6.45, 7) is 1.61. The molecule has 1 atom stereocenters. The lowest BCUT2D eigenvalue weighted by Crippen LogP contribution is -1.97. The summed E-state index contributed by atoms with van der Waals surface area (Å²) in [6, 6.07) is 3.43. The van der Waals surface area contributed by atoms with Crippen molar-refractivity contribution in [3.05, 3.63) is 38.5 Å². The Kier molecular flexibility index (Phi) is 3.73. The molecular weight excluding hydrogens is 329 g/mol. The van der Waals surface area contributed by atoms with Gasteiger partial charge in [-0.25, -0.2) is 4.68 Å². The quantitative estimate of drug-likeness (QED) is 0.914. The molecule has 0 saturated carbocycles. The third-order valence-electron chi connectivity index (χ3n) is 2.15. The van der Waals surface area contributed by atoms with Crippen molar-refractivity contribution >= 4 is 39.1 Å². The summed E-state index contributed by atoms with van der Waals surface area (Å²) in [5, 5.41) is 18.0. The second kappa shape index (κ2) is 4.94. The normalized spacial score (nSPS) is 12.8. The monoisotopic (exact) mass is 335 g/mol. The fourth-order valence-electron chi connectivity index (χ4n) is 1.33. The van der Waals surface area contributed by atoms with Crippen LogP contribution in [-0.4, -0.2) is 20.1 Å². The fraction of sp³-hybridized carbons (Fsp3) is 0.200. The number of nitrogens with zero attached hydrogens (tertiary/aromatic N) is 3. The van der Waals surface area contributed by atoms with Crippen molar-refractivity contribution in [3.63, 3.8) is 0 Å². The number of hydrogen-bond acceptors (Lipinski definition) is 3. The predicted molar refractivity (Wildman–Crippen MR) is 69.7 cm³/mol. The molecular formula is C10H8BrCl2N3O. The van der Waals surface area contributed by atoms with Gasteiger partial charge >= 0.3 is 0 Å². The van der Waals surface area contributed by atoms with Gasteiger partial charge in [0.25, 0.3) is 0 Å². The highest BCUT2D eigenvalue weighted by molar-refractivity contribution is 9.10. The number of benzene rings is 1. The average Bonchev–Trinajstić information content (AvgIpc) is 2.65. The van der Waals surface area contributed by atoms with Crippen LogP contribution in [0.5, 0.6) is 0 Å². The molecule has 1 aromatic heterocycles. The van der Waals surface area contributed by atoms with Crippen LogP contribution in [0, 0.1) is 0 Å². The van der Waals surface area contributed by atoms with Crippen LogP contribution in [-0.2, 0) is 0 Å². The molecule has 0 spiro atoms. The first-order valence-electron chi connectivity index (χ1n) is 4.74. The Labute approximate surface area is 116 Å². The number of aliphatic hydroxyl groups is 1. The minimum atomic E-state index is -0.684. The molecule has 7 heteroatoms. The first-order valence-corrected chi connectivity index (χ1v) is 6.29. The molecule has 4 nitrogen and oxygen atoms in total. The maximum Gasteiger partial charge on any atom is 0.111 e. The molecule has 0 aliphatic rings. The smallest absolute Gasteiger partial charge is 0.111 e. The van der Waals surface area contributed by atoms with Gasteiger partial charge in [0, 0.05) is 4.47 Å². The van der Waals surface area contributed by atoms with E-state index in [1.54, 1.807) is 25.3 Å². The van der Waals surface area contributed by atoms with Crippen LogP contribution in [0.15, 0.2) is 22.8 Å². The molecule has 0 aliphatic heterocycles.